The molecule has 3 aromatic rings. The highest BCUT2D eigenvalue weighted by atomic mass is 19.1. The Kier molecular flexibility index (Phi) is 4.29. The number of hydrogen-bond acceptors (Lipinski definition) is 2. The van der Waals surface area contributed by atoms with Crippen molar-refractivity contribution in [2.24, 2.45) is 0 Å². The Hall–Kier alpha value is -2.81. The van der Waals surface area contributed by atoms with Crippen LogP contribution in [0.2, 0.25) is 0 Å². The molecule has 116 valence electrons. The zero-order valence-electron chi connectivity index (χ0n) is 12.9. The Bertz CT molecular complexity index is 815. The van der Waals surface area contributed by atoms with E-state index in [0.717, 1.165) is 11.1 Å². The summed E-state index contributed by atoms with van der Waals surface area (Å²) in [6, 6.07) is 20.3. The second-order valence-corrected chi connectivity index (χ2v) is 5.51. The van der Waals surface area contributed by atoms with Gasteiger partial charge in [0.25, 0.3) is 0 Å². The molecule has 0 aliphatic rings. The van der Waals surface area contributed by atoms with E-state index < -0.39 is 0 Å². The van der Waals surface area contributed by atoms with E-state index in [0.29, 0.717) is 29.2 Å². The molecule has 0 spiro atoms. The van der Waals surface area contributed by atoms with Crippen LogP contribution in [0.15, 0.2) is 66.7 Å². The molecule has 2 nitrogen and oxygen atoms in total. The SMILES string of the molecule is Cc1ccc(F)c(-c2ccc(OCc3ccccc3)cc2N)c1. The Labute approximate surface area is 135 Å². The Morgan fingerprint density at radius 2 is 1.70 bits per heavy atom. The van der Waals surface area contributed by atoms with E-state index in [1.807, 2.05) is 43.3 Å². The highest BCUT2D eigenvalue weighted by Gasteiger charge is 2.10. The molecule has 0 saturated heterocycles. The minimum atomic E-state index is -0.278. The first-order valence-corrected chi connectivity index (χ1v) is 7.46. The zero-order chi connectivity index (χ0) is 16.2. The summed E-state index contributed by atoms with van der Waals surface area (Å²) in [6.07, 6.45) is 0. The van der Waals surface area contributed by atoms with Crippen molar-refractivity contribution < 1.29 is 9.13 Å². The largest absolute Gasteiger partial charge is 0.489 e. The van der Waals surface area contributed by atoms with Crippen LogP contribution in [0.25, 0.3) is 11.1 Å². The maximum Gasteiger partial charge on any atom is 0.131 e. The highest BCUT2D eigenvalue weighted by Crippen LogP contribution is 2.32. The molecule has 0 aliphatic heterocycles. The van der Waals surface area contributed by atoms with Crippen LogP contribution >= 0.6 is 0 Å². The maximum absolute atomic E-state index is 14.0. The fourth-order valence-electron chi connectivity index (χ4n) is 2.46. The number of nitrogen functional groups attached to an aromatic ring is 1. The van der Waals surface area contributed by atoms with Gasteiger partial charge in [-0.1, -0.05) is 42.0 Å². The van der Waals surface area contributed by atoms with E-state index in [-0.39, 0.29) is 5.82 Å². The minimum absolute atomic E-state index is 0.278. The normalized spacial score (nSPS) is 10.5. The van der Waals surface area contributed by atoms with Gasteiger partial charge in [0.2, 0.25) is 0 Å². The lowest BCUT2D eigenvalue weighted by Crippen LogP contribution is -1.98. The van der Waals surface area contributed by atoms with Crippen molar-refractivity contribution in [1.29, 1.82) is 0 Å². The van der Waals surface area contributed by atoms with Gasteiger partial charge in [-0.05, 0) is 36.8 Å². The third-order valence-corrected chi connectivity index (χ3v) is 3.68. The van der Waals surface area contributed by atoms with Crippen LogP contribution in [0.5, 0.6) is 5.75 Å². The van der Waals surface area contributed by atoms with E-state index in [4.69, 9.17) is 10.5 Å². The van der Waals surface area contributed by atoms with Crippen molar-refractivity contribution in [1.82, 2.24) is 0 Å². The molecule has 3 heteroatoms. The molecule has 3 rings (SSSR count). The van der Waals surface area contributed by atoms with Gasteiger partial charge in [-0.3, -0.25) is 0 Å². The smallest absolute Gasteiger partial charge is 0.131 e. The second kappa shape index (κ2) is 6.53. The van der Waals surface area contributed by atoms with Crippen LogP contribution in [-0.4, -0.2) is 0 Å². The van der Waals surface area contributed by atoms with Gasteiger partial charge in [-0.25, -0.2) is 4.39 Å². The first kappa shape index (κ1) is 15.1. The van der Waals surface area contributed by atoms with E-state index in [9.17, 15) is 4.39 Å². The van der Waals surface area contributed by atoms with E-state index >= 15 is 0 Å². The maximum atomic E-state index is 14.0. The Balaban J connectivity index is 1.82. The van der Waals surface area contributed by atoms with Crippen molar-refractivity contribution in [3.63, 3.8) is 0 Å². The van der Waals surface area contributed by atoms with Crippen molar-refractivity contribution >= 4 is 5.69 Å². The summed E-state index contributed by atoms with van der Waals surface area (Å²) in [5.41, 5.74) is 9.86. The standard InChI is InChI=1S/C20H18FNO/c1-14-7-10-19(21)18(11-14)17-9-8-16(12-20(17)22)23-13-15-5-3-2-4-6-15/h2-12H,13,22H2,1H3. The van der Waals surface area contributed by atoms with Crippen LogP contribution in [0.3, 0.4) is 0 Å². The summed E-state index contributed by atoms with van der Waals surface area (Å²) in [4.78, 5) is 0. The predicted octanol–water partition coefficient (Wildman–Crippen LogP) is 4.96. The van der Waals surface area contributed by atoms with Gasteiger partial charge >= 0.3 is 0 Å². The monoisotopic (exact) mass is 307 g/mol. The number of rotatable bonds is 4. The molecule has 0 heterocycles. The van der Waals surface area contributed by atoms with E-state index in [1.165, 1.54) is 6.07 Å². The summed E-state index contributed by atoms with van der Waals surface area (Å²) in [5.74, 6) is 0.392. The van der Waals surface area contributed by atoms with E-state index in [1.54, 1.807) is 24.3 Å². The summed E-state index contributed by atoms with van der Waals surface area (Å²) < 4.78 is 19.8. The van der Waals surface area contributed by atoms with Crippen LogP contribution in [-0.2, 0) is 6.61 Å². The number of ether oxygens (including phenoxy) is 1. The molecule has 0 aromatic heterocycles. The molecular weight excluding hydrogens is 289 g/mol. The molecule has 0 unspecified atom stereocenters. The van der Waals surface area contributed by atoms with Crippen LogP contribution in [0.4, 0.5) is 10.1 Å². The molecular formula is C20H18FNO. The quantitative estimate of drug-likeness (QED) is 0.691. The summed E-state index contributed by atoms with van der Waals surface area (Å²) in [5, 5.41) is 0. The summed E-state index contributed by atoms with van der Waals surface area (Å²) >= 11 is 0. The summed E-state index contributed by atoms with van der Waals surface area (Å²) in [6.45, 7) is 2.40. The molecule has 2 N–H and O–H groups in total. The molecule has 3 aromatic carbocycles. The molecule has 0 radical (unpaired) electrons. The van der Waals surface area contributed by atoms with Gasteiger partial charge in [0.15, 0.2) is 0 Å². The molecule has 0 amide bonds. The third-order valence-electron chi connectivity index (χ3n) is 3.68. The number of nitrogens with two attached hydrogens (primary N) is 1. The first-order valence-electron chi connectivity index (χ1n) is 7.46. The number of aryl methyl sites for hydroxylation is 1. The lowest BCUT2D eigenvalue weighted by Gasteiger charge is -2.11. The van der Waals surface area contributed by atoms with Gasteiger partial charge < -0.3 is 10.5 Å². The van der Waals surface area contributed by atoms with Gasteiger partial charge in [-0.15, -0.1) is 0 Å². The van der Waals surface area contributed by atoms with Crippen LogP contribution in [0.1, 0.15) is 11.1 Å². The fraction of sp³-hybridized carbons (Fsp3) is 0.100. The van der Waals surface area contributed by atoms with Gasteiger partial charge in [-0.2, -0.15) is 0 Å². The number of halogens is 1. The average Bonchev–Trinajstić information content (AvgIpc) is 2.56. The van der Waals surface area contributed by atoms with Crippen molar-refractivity contribution in [3.8, 4) is 16.9 Å². The topological polar surface area (TPSA) is 35.2 Å². The average molecular weight is 307 g/mol. The molecule has 0 bridgehead atoms. The molecule has 0 saturated carbocycles. The number of benzene rings is 3. The van der Waals surface area contributed by atoms with Crippen molar-refractivity contribution in [3.05, 3.63) is 83.7 Å². The van der Waals surface area contributed by atoms with Crippen LogP contribution in [0, 0.1) is 12.7 Å². The molecule has 0 fully saturated rings. The lowest BCUT2D eigenvalue weighted by atomic mass is 10.0. The molecule has 0 aliphatic carbocycles. The summed E-state index contributed by atoms with van der Waals surface area (Å²) in [7, 11) is 0. The van der Waals surface area contributed by atoms with E-state index in [2.05, 4.69) is 0 Å². The second-order valence-electron chi connectivity index (χ2n) is 5.51. The van der Waals surface area contributed by atoms with Gasteiger partial charge in [0, 0.05) is 22.9 Å². The number of anilines is 1. The van der Waals surface area contributed by atoms with Crippen molar-refractivity contribution in [2.45, 2.75) is 13.5 Å². The van der Waals surface area contributed by atoms with Gasteiger partial charge in [0.1, 0.15) is 18.2 Å². The molecule has 23 heavy (non-hydrogen) atoms. The number of hydrogen-bond donors (Lipinski definition) is 1. The lowest BCUT2D eigenvalue weighted by molar-refractivity contribution is 0.306. The highest BCUT2D eigenvalue weighted by molar-refractivity contribution is 5.78. The molecule has 0 atom stereocenters. The minimum Gasteiger partial charge on any atom is -0.489 e. The van der Waals surface area contributed by atoms with Crippen LogP contribution < -0.4 is 10.5 Å². The Morgan fingerprint density at radius 1 is 0.913 bits per heavy atom. The first-order chi connectivity index (χ1) is 11.1. The third kappa shape index (κ3) is 3.51. The van der Waals surface area contributed by atoms with Crippen molar-refractivity contribution in [2.75, 3.05) is 5.73 Å². The zero-order valence-corrected chi connectivity index (χ0v) is 12.9. The fourth-order valence-corrected chi connectivity index (χ4v) is 2.46. The van der Waals surface area contributed by atoms with Gasteiger partial charge in [0.05, 0.1) is 0 Å². The predicted molar refractivity (Wildman–Crippen MR) is 91.8 cm³/mol. The Morgan fingerprint density at radius 3 is 2.43 bits per heavy atom.